The Morgan fingerprint density at radius 3 is 2.23 bits per heavy atom. The van der Waals surface area contributed by atoms with Gasteiger partial charge in [-0.3, -0.25) is 9.59 Å². The van der Waals surface area contributed by atoms with Crippen molar-refractivity contribution in [2.45, 2.75) is 20.8 Å². The summed E-state index contributed by atoms with van der Waals surface area (Å²) in [6.45, 7) is 5.87. The Bertz CT molecular complexity index is 1210. The standard InChI is InChI=1S/C26H24N2O3/c1-16-7-5-9-20(15-16)27-24-23(19-11-13-21(31-4)14-12-19)25(29)28(26(24)30)22-10-6-8-17(2)18(22)3/h5-15,27H,1-4H3. The summed E-state index contributed by atoms with van der Waals surface area (Å²) in [4.78, 5) is 28.4. The van der Waals surface area contributed by atoms with Gasteiger partial charge >= 0.3 is 0 Å². The van der Waals surface area contributed by atoms with E-state index >= 15 is 0 Å². The molecule has 0 atom stereocenters. The molecule has 0 bridgehead atoms. The molecule has 5 nitrogen and oxygen atoms in total. The van der Waals surface area contributed by atoms with Crippen molar-refractivity contribution in [3.05, 3.63) is 94.7 Å². The highest BCUT2D eigenvalue weighted by Gasteiger charge is 2.40. The summed E-state index contributed by atoms with van der Waals surface area (Å²) in [6.07, 6.45) is 0. The fraction of sp³-hybridized carbons (Fsp3) is 0.154. The maximum Gasteiger partial charge on any atom is 0.282 e. The predicted octanol–water partition coefficient (Wildman–Crippen LogP) is 5.02. The molecular formula is C26H24N2O3. The van der Waals surface area contributed by atoms with Crippen molar-refractivity contribution < 1.29 is 14.3 Å². The van der Waals surface area contributed by atoms with Crippen LogP contribution in [-0.4, -0.2) is 18.9 Å². The fourth-order valence-corrected chi connectivity index (χ4v) is 3.73. The summed E-state index contributed by atoms with van der Waals surface area (Å²) in [5.74, 6) is -0.0363. The maximum atomic E-state index is 13.6. The number of nitrogens with one attached hydrogen (secondary N) is 1. The summed E-state index contributed by atoms with van der Waals surface area (Å²) in [6, 6.07) is 20.5. The Hall–Kier alpha value is -3.86. The van der Waals surface area contributed by atoms with Crippen molar-refractivity contribution in [2.24, 2.45) is 0 Å². The van der Waals surface area contributed by atoms with Crippen molar-refractivity contribution in [3.8, 4) is 5.75 Å². The highest BCUT2D eigenvalue weighted by molar-refractivity contribution is 6.46. The first-order valence-electron chi connectivity index (χ1n) is 10.1. The summed E-state index contributed by atoms with van der Waals surface area (Å²) in [5.41, 5.74) is 5.59. The van der Waals surface area contributed by atoms with Gasteiger partial charge < -0.3 is 10.1 Å². The second kappa shape index (κ2) is 8.11. The normalized spacial score (nSPS) is 13.7. The molecule has 5 heteroatoms. The fourth-order valence-electron chi connectivity index (χ4n) is 3.73. The predicted molar refractivity (Wildman–Crippen MR) is 123 cm³/mol. The van der Waals surface area contributed by atoms with Gasteiger partial charge in [0, 0.05) is 5.69 Å². The molecule has 1 aliphatic heterocycles. The number of anilines is 2. The van der Waals surface area contributed by atoms with E-state index in [1.54, 1.807) is 37.4 Å². The molecule has 0 radical (unpaired) electrons. The first-order chi connectivity index (χ1) is 14.9. The van der Waals surface area contributed by atoms with Crippen LogP contribution in [0.4, 0.5) is 11.4 Å². The number of carbonyl (C=O) groups excluding carboxylic acids is 2. The van der Waals surface area contributed by atoms with Gasteiger partial charge in [0.2, 0.25) is 0 Å². The highest BCUT2D eigenvalue weighted by atomic mass is 16.5. The molecule has 0 spiro atoms. The van der Waals surface area contributed by atoms with Gasteiger partial charge in [0.05, 0.1) is 18.4 Å². The SMILES string of the molecule is COc1ccc(C2=C(Nc3cccc(C)c3)C(=O)N(c3cccc(C)c3C)C2=O)cc1. The quantitative estimate of drug-likeness (QED) is 0.598. The van der Waals surface area contributed by atoms with Crippen LogP contribution in [0.25, 0.3) is 5.57 Å². The average molecular weight is 412 g/mol. The summed E-state index contributed by atoms with van der Waals surface area (Å²) >= 11 is 0. The van der Waals surface area contributed by atoms with E-state index in [-0.39, 0.29) is 17.5 Å². The van der Waals surface area contributed by atoms with Crippen LogP contribution in [0, 0.1) is 20.8 Å². The second-order valence-corrected chi connectivity index (χ2v) is 7.64. The number of nitrogens with zero attached hydrogens (tertiary/aromatic N) is 1. The number of aryl methyl sites for hydroxylation is 2. The molecular weight excluding hydrogens is 388 g/mol. The van der Waals surface area contributed by atoms with E-state index in [2.05, 4.69) is 5.32 Å². The molecule has 4 rings (SSSR count). The van der Waals surface area contributed by atoms with Gasteiger partial charge in [-0.2, -0.15) is 0 Å². The molecule has 0 aromatic heterocycles. The second-order valence-electron chi connectivity index (χ2n) is 7.64. The molecule has 2 amide bonds. The Balaban J connectivity index is 1.85. The van der Waals surface area contributed by atoms with Gasteiger partial charge in [-0.15, -0.1) is 0 Å². The van der Waals surface area contributed by atoms with Gasteiger partial charge in [0.1, 0.15) is 11.4 Å². The molecule has 0 aliphatic carbocycles. The van der Waals surface area contributed by atoms with Gasteiger partial charge in [-0.05, 0) is 73.4 Å². The van der Waals surface area contributed by atoms with Crippen molar-refractivity contribution in [1.82, 2.24) is 0 Å². The molecule has 1 heterocycles. The molecule has 0 unspecified atom stereocenters. The molecule has 31 heavy (non-hydrogen) atoms. The van der Waals surface area contributed by atoms with Crippen molar-refractivity contribution in [1.29, 1.82) is 0 Å². The van der Waals surface area contributed by atoms with E-state index in [9.17, 15) is 9.59 Å². The third-order valence-electron chi connectivity index (χ3n) is 5.57. The van der Waals surface area contributed by atoms with E-state index in [4.69, 9.17) is 4.74 Å². The van der Waals surface area contributed by atoms with E-state index in [0.29, 0.717) is 22.6 Å². The molecule has 1 aliphatic rings. The maximum absolute atomic E-state index is 13.6. The molecule has 0 saturated heterocycles. The number of amides is 2. The van der Waals surface area contributed by atoms with Gasteiger partial charge in [0.25, 0.3) is 11.8 Å². The van der Waals surface area contributed by atoms with Crippen molar-refractivity contribution >= 4 is 28.8 Å². The van der Waals surface area contributed by atoms with E-state index < -0.39 is 0 Å². The topological polar surface area (TPSA) is 58.6 Å². The number of imide groups is 1. The molecule has 3 aromatic rings. The lowest BCUT2D eigenvalue weighted by Crippen LogP contribution is -2.33. The third kappa shape index (κ3) is 3.70. The van der Waals surface area contributed by atoms with Crippen LogP contribution in [0.15, 0.2) is 72.4 Å². The molecule has 3 aromatic carbocycles. The zero-order valence-electron chi connectivity index (χ0n) is 18.0. The van der Waals surface area contributed by atoms with Crippen LogP contribution in [0.1, 0.15) is 22.3 Å². The minimum Gasteiger partial charge on any atom is -0.497 e. The zero-order chi connectivity index (χ0) is 22.1. The Morgan fingerprint density at radius 2 is 1.55 bits per heavy atom. The van der Waals surface area contributed by atoms with E-state index in [1.807, 2.05) is 57.2 Å². The lowest BCUT2D eigenvalue weighted by Gasteiger charge is -2.19. The van der Waals surface area contributed by atoms with Crippen LogP contribution in [0.3, 0.4) is 0 Å². The Kier molecular flexibility index (Phi) is 5.34. The van der Waals surface area contributed by atoms with Gasteiger partial charge in [0.15, 0.2) is 0 Å². The largest absolute Gasteiger partial charge is 0.497 e. The summed E-state index contributed by atoms with van der Waals surface area (Å²) in [5, 5.41) is 3.21. The van der Waals surface area contributed by atoms with Crippen LogP contribution < -0.4 is 15.0 Å². The Morgan fingerprint density at radius 1 is 0.839 bits per heavy atom. The number of rotatable bonds is 5. The smallest absolute Gasteiger partial charge is 0.282 e. The molecule has 1 N–H and O–H groups in total. The van der Waals surface area contributed by atoms with Crippen LogP contribution in [0.2, 0.25) is 0 Å². The van der Waals surface area contributed by atoms with Gasteiger partial charge in [-0.25, -0.2) is 4.90 Å². The van der Waals surface area contributed by atoms with E-state index in [1.165, 1.54) is 4.90 Å². The van der Waals surface area contributed by atoms with Crippen LogP contribution >= 0.6 is 0 Å². The number of benzene rings is 3. The minimum atomic E-state index is -0.369. The number of ether oxygens (including phenoxy) is 1. The highest BCUT2D eigenvalue weighted by Crippen LogP contribution is 2.36. The van der Waals surface area contributed by atoms with Crippen LogP contribution in [-0.2, 0) is 9.59 Å². The summed E-state index contributed by atoms with van der Waals surface area (Å²) < 4.78 is 5.24. The Labute approximate surface area is 182 Å². The lowest BCUT2D eigenvalue weighted by molar-refractivity contribution is -0.120. The van der Waals surface area contributed by atoms with Crippen molar-refractivity contribution in [3.63, 3.8) is 0 Å². The minimum absolute atomic E-state index is 0.265. The van der Waals surface area contributed by atoms with Crippen molar-refractivity contribution in [2.75, 3.05) is 17.3 Å². The first kappa shape index (κ1) is 20.4. The lowest BCUT2D eigenvalue weighted by atomic mass is 10.0. The number of hydrogen-bond acceptors (Lipinski definition) is 4. The monoisotopic (exact) mass is 412 g/mol. The number of carbonyl (C=O) groups is 2. The van der Waals surface area contributed by atoms with Gasteiger partial charge in [-0.1, -0.05) is 36.4 Å². The number of hydrogen-bond donors (Lipinski definition) is 1. The van der Waals surface area contributed by atoms with Crippen LogP contribution in [0.5, 0.6) is 5.75 Å². The zero-order valence-corrected chi connectivity index (χ0v) is 18.0. The third-order valence-corrected chi connectivity index (χ3v) is 5.57. The molecule has 156 valence electrons. The molecule has 0 fully saturated rings. The summed E-state index contributed by atoms with van der Waals surface area (Å²) in [7, 11) is 1.59. The van der Waals surface area contributed by atoms with E-state index in [0.717, 1.165) is 22.4 Å². The first-order valence-corrected chi connectivity index (χ1v) is 10.1. The average Bonchev–Trinajstić information content (AvgIpc) is 3.00. The number of methoxy groups -OCH3 is 1. The molecule has 0 saturated carbocycles.